The van der Waals surface area contributed by atoms with Crippen LogP contribution in [0.1, 0.15) is 26.7 Å². The van der Waals surface area contributed by atoms with Crippen molar-refractivity contribution in [2.75, 3.05) is 19.6 Å². The molecule has 13 heavy (non-hydrogen) atoms. The lowest BCUT2D eigenvalue weighted by Crippen LogP contribution is -2.54. The van der Waals surface area contributed by atoms with Gasteiger partial charge >= 0.3 is 0 Å². The minimum absolute atomic E-state index is 0.156. The van der Waals surface area contributed by atoms with Crippen molar-refractivity contribution in [3.05, 3.63) is 0 Å². The van der Waals surface area contributed by atoms with Crippen molar-refractivity contribution in [3.63, 3.8) is 0 Å². The zero-order valence-corrected chi connectivity index (χ0v) is 8.47. The first kappa shape index (κ1) is 9.00. The summed E-state index contributed by atoms with van der Waals surface area (Å²) in [6.45, 7) is 7.25. The molecule has 2 aliphatic rings. The van der Waals surface area contributed by atoms with Crippen LogP contribution in [0.2, 0.25) is 0 Å². The van der Waals surface area contributed by atoms with Gasteiger partial charge < -0.3 is 10.2 Å². The van der Waals surface area contributed by atoms with Gasteiger partial charge in [-0.3, -0.25) is 4.79 Å². The van der Waals surface area contributed by atoms with Crippen LogP contribution in [0.15, 0.2) is 0 Å². The van der Waals surface area contributed by atoms with Crippen LogP contribution in [0.25, 0.3) is 0 Å². The maximum absolute atomic E-state index is 11.6. The van der Waals surface area contributed by atoms with Crippen LogP contribution < -0.4 is 5.32 Å². The summed E-state index contributed by atoms with van der Waals surface area (Å²) in [5.41, 5.74) is 0.156. The van der Waals surface area contributed by atoms with Crippen molar-refractivity contribution in [2.45, 2.75) is 32.2 Å². The fraction of sp³-hybridized carbons (Fsp3) is 0.900. The van der Waals surface area contributed by atoms with E-state index in [-0.39, 0.29) is 17.4 Å². The van der Waals surface area contributed by atoms with E-state index < -0.39 is 0 Å². The van der Waals surface area contributed by atoms with E-state index in [4.69, 9.17) is 0 Å². The fourth-order valence-corrected chi connectivity index (χ4v) is 1.71. The topological polar surface area (TPSA) is 32.3 Å². The Balaban J connectivity index is 1.73. The van der Waals surface area contributed by atoms with Crippen LogP contribution in [-0.2, 0) is 4.79 Å². The van der Waals surface area contributed by atoms with Crippen molar-refractivity contribution in [2.24, 2.45) is 5.92 Å². The molecule has 1 heterocycles. The molecule has 0 radical (unpaired) electrons. The third-order valence-electron chi connectivity index (χ3n) is 3.20. The van der Waals surface area contributed by atoms with Gasteiger partial charge in [0.15, 0.2) is 0 Å². The molecule has 1 saturated carbocycles. The average molecular weight is 182 g/mol. The van der Waals surface area contributed by atoms with E-state index in [2.05, 4.69) is 24.1 Å². The molecule has 1 saturated heterocycles. The number of carbonyl (C=O) groups excluding carboxylic acids is 1. The van der Waals surface area contributed by atoms with Crippen LogP contribution in [0, 0.1) is 5.92 Å². The summed E-state index contributed by atoms with van der Waals surface area (Å²) in [4.78, 5) is 13.9. The second-order valence-corrected chi connectivity index (χ2v) is 4.60. The van der Waals surface area contributed by atoms with E-state index in [1.807, 2.05) is 0 Å². The number of hydrogen-bond donors (Lipinski definition) is 1. The van der Waals surface area contributed by atoms with Gasteiger partial charge in [-0.05, 0) is 26.3 Å². The Bertz CT molecular complexity index is 217. The molecule has 1 aliphatic heterocycles. The molecule has 0 bridgehead atoms. The van der Waals surface area contributed by atoms with Gasteiger partial charge in [0.1, 0.15) is 0 Å². The van der Waals surface area contributed by atoms with Crippen molar-refractivity contribution >= 4 is 5.91 Å². The average Bonchev–Trinajstić information content (AvgIpc) is 2.65. The molecule has 0 aromatic carbocycles. The molecule has 1 aliphatic carbocycles. The number of nitrogens with one attached hydrogen (secondary N) is 1. The van der Waals surface area contributed by atoms with Crippen molar-refractivity contribution in [1.29, 1.82) is 0 Å². The van der Waals surface area contributed by atoms with Crippen LogP contribution in [0.4, 0.5) is 0 Å². The number of hydrogen-bond acceptors (Lipinski definition) is 2. The predicted molar refractivity (Wildman–Crippen MR) is 51.4 cm³/mol. The Labute approximate surface area is 79.5 Å². The molecule has 74 valence electrons. The monoisotopic (exact) mass is 182 g/mol. The Kier molecular flexibility index (Phi) is 2.06. The summed E-state index contributed by atoms with van der Waals surface area (Å²) >= 11 is 0. The molecule has 3 heteroatoms. The second-order valence-electron chi connectivity index (χ2n) is 4.60. The first-order valence-electron chi connectivity index (χ1n) is 5.17. The molecule has 3 nitrogen and oxygen atoms in total. The van der Waals surface area contributed by atoms with Crippen LogP contribution in [0.5, 0.6) is 0 Å². The molecular formula is C10H18N2O. The summed E-state index contributed by atoms with van der Waals surface area (Å²) in [5, 5.41) is 3.11. The van der Waals surface area contributed by atoms with Crippen molar-refractivity contribution < 1.29 is 4.79 Å². The van der Waals surface area contributed by atoms with E-state index in [0.29, 0.717) is 0 Å². The van der Waals surface area contributed by atoms with E-state index in [9.17, 15) is 4.79 Å². The van der Waals surface area contributed by atoms with Gasteiger partial charge in [-0.2, -0.15) is 0 Å². The summed E-state index contributed by atoms with van der Waals surface area (Å²) in [6.07, 6.45) is 2.31. The maximum Gasteiger partial charge on any atom is 0.226 e. The maximum atomic E-state index is 11.6. The third-order valence-corrected chi connectivity index (χ3v) is 3.20. The summed E-state index contributed by atoms with van der Waals surface area (Å²) < 4.78 is 0. The Morgan fingerprint density at radius 1 is 1.54 bits per heavy atom. The number of rotatable bonds is 3. The highest BCUT2D eigenvalue weighted by molar-refractivity contribution is 5.81. The zero-order valence-electron chi connectivity index (χ0n) is 8.47. The highest BCUT2D eigenvalue weighted by Crippen LogP contribution is 2.34. The van der Waals surface area contributed by atoms with Gasteiger partial charge in [0, 0.05) is 18.6 Å². The first-order chi connectivity index (χ1) is 6.13. The van der Waals surface area contributed by atoms with Gasteiger partial charge in [0.05, 0.1) is 5.92 Å². The van der Waals surface area contributed by atoms with Crippen molar-refractivity contribution in [3.8, 4) is 0 Å². The number of carbonyl (C=O) groups is 1. The highest BCUT2D eigenvalue weighted by Gasteiger charge is 2.41. The smallest absolute Gasteiger partial charge is 0.226 e. The van der Waals surface area contributed by atoms with Gasteiger partial charge in [-0.1, -0.05) is 6.92 Å². The first-order valence-corrected chi connectivity index (χ1v) is 5.17. The fourth-order valence-electron chi connectivity index (χ4n) is 1.71. The summed E-state index contributed by atoms with van der Waals surface area (Å²) in [7, 11) is 0. The van der Waals surface area contributed by atoms with Crippen molar-refractivity contribution in [1.82, 2.24) is 10.2 Å². The van der Waals surface area contributed by atoms with Gasteiger partial charge in [-0.25, -0.2) is 0 Å². The lowest BCUT2D eigenvalue weighted by atomic mass is 9.99. The third kappa shape index (κ3) is 1.85. The van der Waals surface area contributed by atoms with E-state index in [1.54, 1.807) is 0 Å². The van der Waals surface area contributed by atoms with Gasteiger partial charge in [0.25, 0.3) is 0 Å². The number of likely N-dealkylation sites (tertiary alicyclic amines) is 1. The van der Waals surface area contributed by atoms with Crippen LogP contribution in [0.3, 0.4) is 0 Å². The molecule has 0 unspecified atom stereocenters. The molecule has 0 aromatic heterocycles. The molecular weight excluding hydrogens is 164 g/mol. The van der Waals surface area contributed by atoms with Gasteiger partial charge in [-0.15, -0.1) is 0 Å². The highest BCUT2D eigenvalue weighted by atomic mass is 16.2. The minimum Gasteiger partial charge on any atom is -0.351 e. The number of nitrogens with zero attached hydrogens (tertiary/aromatic N) is 1. The normalized spacial score (nSPS) is 26.6. The molecule has 2 fully saturated rings. The summed E-state index contributed by atoms with van der Waals surface area (Å²) in [6, 6.07) is 0. The standard InChI is InChI=1S/C10H18N2O/c1-3-12-6-8(7-12)9(13)11-10(2)4-5-10/h8H,3-7H2,1-2H3,(H,11,13). The lowest BCUT2D eigenvalue weighted by Gasteiger charge is -2.37. The largest absolute Gasteiger partial charge is 0.351 e. The van der Waals surface area contributed by atoms with Crippen LogP contribution >= 0.6 is 0 Å². The van der Waals surface area contributed by atoms with Gasteiger partial charge in [0.2, 0.25) is 5.91 Å². The Hall–Kier alpha value is -0.570. The van der Waals surface area contributed by atoms with E-state index in [1.165, 1.54) is 0 Å². The second kappa shape index (κ2) is 2.98. The molecule has 0 aromatic rings. The number of amides is 1. The molecule has 2 rings (SSSR count). The molecule has 0 atom stereocenters. The lowest BCUT2D eigenvalue weighted by molar-refractivity contribution is -0.130. The van der Waals surface area contributed by atoms with E-state index in [0.717, 1.165) is 32.5 Å². The predicted octanol–water partition coefficient (Wildman–Crippen LogP) is 0.607. The van der Waals surface area contributed by atoms with Crippen LogP contribution in [-0.4, -0.2) is 36.0 Å². The Morgan fingerprint density at radius 3 is 2.62 bits per heavy atom. The summed E-state index contributed by atoms with van der Waals surface area (Å²) in [5.74, 6) is 0.530. The van der Waals surface area contributed by atoms with E-state index >= 15 is 0 Å². The SMILES string of the molecule is CCN1CC(C(=O)NC2(C)CC2)C1. The minimum atomic E-state index is 0.156. The molecule has 0 spiro atoms. The molecule has 1 N–H and O–H groups in total. The zero-order chi connectivity index (χ0) is 9.47. The molecule has 1 amide bonds. The Morgan fingerprint density at radius 2 is 2.15 bits per heavy atom. The quantitative estimate of drug-likeness (QED) is 0.693.